The van der Waals surface area contributed by atoms with E-state index in [1.165, 1.54) is 6.07 Å². The van der Waals surface area contributed by atoms with Gasteiger partial charge in [0.1, 0.15) is 18.0 Å². The largest absolute Gasteiger partial charge is 0.461 e. The Morgan fingerprint density at radius 3 is 2.67 bits per heavy atom. The molecule has 0 saturated heterocycles. The van der Waals surface area contributed by atoms with Gasteiger partial charge >= 0.3 is 11.6 Å². The third-order valence-corrected chi connectivity index (χ3v) is 5.06. The van der Waals surface area contributed by atoms with Gasteiger partial charge in [-0.15, -0.1) is 0 Å². The molecule has 2 heterocycles. The van der Waals surface area contributed by atoms with Crippen molar-refractivity contribution in [1.29, 1.82) is 0 Å². The third kappa shape index (κ3) is 4.00. The van der Waals surface area contributed by atoms with Gasteiger partial charge in [-0.05, 0) is 49.2 Å². The highest BCUT2D eigenvalue weighted by atomic mass is 16.5. The maximum Gasteiger partial charge on any atom is 0.336 e. The molecule has 0 radical (unpaired) electrons. The zero-order chi connectivity index (χ0) is 21.3. The summed E-state index contributed by atoms with van der Waals surface area (Å²) in [5.41, 5.74) is 2.97. The van der Waals surface area contributed by atoms with Crippen LogP contribution >= 0.6 is 0 Å². The van der Waals surface area contributed by atoms with E-state index in [0.717, 1.165) is 16.5 Å². The lowest BCUT2D eigenvalue weighted by molar-refractivity contribution is -0.144. The van der Waals surface area contributed by atoms with Crippen LogP contribution in [0.5, 0.6) is 0 Å². The Labute approximate surface area is 171 Å². The molecule has 1 N–H and O–H groups in total. The molecule has 0 aliphatic carbocycles. The van der Waals surface area contributed by atoms with Crippen LogP contribution in [0, 0.1) is 13.8 Å². The maximum atomic E-state index is 12.2. The monoisotopic (exact) mass is 404 g/mol. The molecule has 7 nitrogen and oxygen atoms in total. The van der Waals surface area contributed by atoms with Gasteiger partial charge < -0.3 is 14.1 Å². The molecule has 0 aliphatic heterocycles. The first-order valence-corrected chi connectivity index (χ1v) is 9.58. The number of nitrogens with one attached hydrogen (secondary N) is 1. The molecule has 30 heavy (non-hydrogen) atoms. The second kappa shape index (κ2) is 7.94. The van der Waals surface area contributed by atoms with Crippen LogP contribution in [-0.2, 0) is 22.6 Å². The number of carbonyl (C=O) groups excluding carboxylic acids is 1. The standard InChI is InChI=1S/C23H20N2O5/c1-13-9-17-15(11-22(27)30-19(17)10-14(13)2)12-29-21(26)8-7-20-24-18-6-4-3-5-16(18)23(28)25-20/h3-6,9-11H,7-8,12H2,1-2H3,(H,24,25,28). The number of aromatic nitrogens is 2. The summed E-state index contributed by atoms with van der Waals surface area (Å²) < 4.78 is 10.6. The van der Waals surface area contributed by atoms with Gasteiger partial charge in [0.15, 0.2) is 0 Å². The van der Waals surface area contributed by atoms with E-state index in [-0.39, 0.29) is 25.0 Å². The van der Waals surface area contributed by atoms with Crippen LogP contribution in [0.2, 0.25) is 0 Å². The predicted molar refractivity (Wildman–Crippen MR) is 112 cm³/mol. The lowest BCUT2D eigenvalue weighted by atomic mass is 10.0. The van der Waals surface area contributed by atoms with E-state index in [9.17, 15) is 14.4 Å². The number of aromatic amines is 1. The third-order valence-electron chi connectivity index (χ3n) is 5.06. The molecule has 4 aromatic rings. The number of aryl methyl sites for hydroxylation is 3. The summed E-state index contributed by atoms with van der Waals surface area (Å²) in [6, 6.07) is 12.1. The van der Waals surface area contributed by atoms with Gasteiger partial charge in [0, 0.05) is 23.4 Å². The first-order valence-electron chi connectivity index (χ1n) is 9.58. The van der Waals surface area contributed by atoms with Gasteiger partial charge in [0.05, 0.1) is 17.3 Å². The number of esters is 1. The van der Waals surface area contributed by atoms with Crippen LogP contribution in [0.4, 0.5) is 0 Å². The fourth-order valence-corrected chi connectivity index (χ4v) is 3.31. The van der Waals surface area contributed by atoms with Crippen LogP contribution in [0.1, 0.15) is 28.9 Å². The molecule has 2 aromatic heterocycles. The zero-order valence-corrected chi connectivity index (χ0v) is 16.7. The first kappa shape index (κ1) is 19.6. The highest BCUT2D eigenvalue weighted by Gasteiger charge is 2.12. The Kier molecular flexibility index (Phi) is 5.18. The van der Waals surface area contributed by atoms with E-state index in [2.05, 4.69) is 9.97 Å². The van der Waals surface area contributed by atoms with Crippen molar-refractivity contribution in [3.63, 3.8) is 0 Å². The molecule has 0 amide bonds. The molecule has 0 unspecified atom stereocenters. The van der Waals surface area contributed by atoms with Crippen molar-refractivity contribution in [3.05, 3.63) is 85.8 Å². The summed E-state index contributed by atoms with van der Waals surface area (Å²) in [5.74, 6) is -0.0245. The molecule has 0 fully saturated rings. The molecule has 4 rings (SSSR count). The van der Waals surface area contributed by atoms with Crippen molar-refractivity contribution in [3.8, 4) is 0 Å². The highest BCUT2D eigenvalue weighted by Crippen LogP contribution is 2.22. The van der Waals surface area contributed by atoms with Crippen molar-refractivity contribution in [2.45, 2.75) is 33.3 Å². The van der Waals surface area contributed by atoms with Gasteiger partial charge in [-0.25, -0.2) is 9.78 Å². The molecule has 152 valence electrons. The molecule has 0 saturated carbocycles. The van der Waals surface area contributed by atoms with Gasteiger partial charge in [-0.2, -0.15) is 0 Å². The Hall–Kier alpha value is -3.74. The van der Waals surface area contributed by atoms with Crippen molar-refractivity contribution in [2.24, 2.45) is 0 Å². The number of H-pyrrole nitrogens is 1. The van der Waals surface area contributed by atoms with Gasteiger partial charge in [-0.3, -0.25) is 9.59 Å². The van der Waals surface area contributed by atoms with Gasteiger partial charge in [0.25, 0.3) is 5.56 Å². The lowest BCUT2D eigenvalue weighted by Crippen LogP contribution is -2.14. The minimum absolute atomic E-state index is 0.0366. The number of hydrogen-bond donors (Lipinski definition) is 1. The van der Waals surface area contributed by atoms with Gasteiger partial charge in [0.2, 0.25) is 0 Å². The molecular formula is C23H20N2O5. The number of ether oxygens (including phenoxy) is 1. The summed E-state index contributed by atoms with van der Waals surface area (Å²) in [6.07, 6.45) is 0.299. The van der Waals surface area contributed by atoms with E-state index in [1.807, 2.05) is 19.9 Å². The van der Waals surface area contributed by atoms with E-state index in [0.29, 0.717) is 27.9 Å². The molecule has 0 atom stereocenters. The average Bonchev–Trinajstić information content (AvgIpc) is 2.72. The number of hydrogen-bond acceptors (Lipinski definition) is 6. The number of carbonyl (C=O) groups is 1. The fraction of sp³-hybridized carbons (Fsp3) is 0.217. The smallest absolute Gasteiger partial charge is 0.336 e. The van der Waals surface area contributed by atoms with E-state index in [4.69, 9.17) is 9.15 Å². The minimum Gasteiger partial charge on any atom is -0.461 e. The van der Waals surface area contributed by atoms with Crippen LogP contribution < -0.4 is 11.2 Å². The highest BCUT2D eigenvalue weighted by molar-refractivity contribution is 5.82. The van der Waals surface area contributed by atoms with Crippen molar-refractivity contribution in [2.75, 3.05) is 0 Å². The summed E-state index contributed by atoms with van der Waals surface area (Å²) in [4.78, 5) is 43.3. The molecule has 2 aromatic carbocycles. The summed E-state index contributed by atoms with van der Waals surface area (Å²) in [7, 11) is 0. The Morgan fingerprint density at radius 2 is 1.83 bits per heavy atom. The lowest BCUT2D eigenvalue weighted by Gasteiger charge is -2.09. The average molecular weight is 404 g/mol. The topological polar surface area (TPSA) is 102 Å². The molecular weight excluding hydrogens is 384 g/mol. The minimum atomic E-state index is -0.491. The predicted octanol–water partition coefficient (Wildman–Crippen LogP) is 3.32. The normalized spacial score (nSPS) is 11.1. The van der Waals surface area contributed by atoms with Crippen LogP contribution in [0.3, 0.4) is 0 Å². The number of nitrogens with zero attached hydrogens (tertiary/aromatic N) is 1. The molecule has 0 aliphatic rings. The fourth-order valence-electron chi connectivity index (χ4n) is 3.31. The first-order chi connectivity index (χ1) is 14.4. The van der Waals surface area contributed by atoms with Crippen molar-refractivity contribution in [1.82, 2.24) is 9.97 Å². The number of para-hydroxylation sites is 1. The van der Waals surface area contributed by atoms with E-state index < -0.39 is 11.6 Å². The quantitative estimate of drug-likeness (QED) is 0.404. The summed E-state index contributed by atoms with van der Waals surface area (Å²) in [6.45, 7) is 3.87. The molecule has 0 spiro atoms. The Bertz CT molecular complexity index is 1380. The SMILES string of the molecule is Cc1cc2oc(=O)cc(COC(=O)CCc3nc4ccccc4c(=O)[nH]3)c2cc1C. The van der Waals surface area contributed by atoms with Crippen molar-refractivity contribution < 1.29 is 13.9 Å². The second-order valence-electron chi connectivity index (χ2n) is 7.21. The summed E-state index contributed by atoms with van der Waals surface area (Å²) in [5, 5.41) is 1.25. The van der Waals surface area contributed by atoms with Gasteiger partial charge in [-0.1, -0.05) is 12.1 Å². The Morgan fingerprint density at radius 1 is 1.07 bits per heavy atom. The second-order valence-corrected chi connectivity index (χ2v) is 7.21. The number of fused-ring (bicyclic) bond motifs is 2. The van der Waals surface area contributed by atoms with E-state index in [1.54, 1.807) is 30.3 Å². The maximum absolute atomic E-state index is 12.2. The van der Waals surface area contributed by atoms with E-state index >= 15 is 0 Å². The number of benzene rings is 2. The van der Waals surface area contributed by atoms with Crippen LogP contribution in [0.15, 0.2) is 56.5 Å². The van der Waals surface area contributed by atoms with Crippen LogP contribution in [0.25, 0.3) is 21.9 Å². The Balaban J connectivity index is 1.46. The number of rotatable bonds is 5. The molecule has 0 bridgehead atoms. The van der Waals surface area contributed by atoms with Crippen LogP contribution in [-0.4, -0.2) is 15.9 Å². The molecule has 7 heteroatoms. The zero-order valence-electron chi connectivity index (χ0n) is 16.7. The van der Waals surface area contributed by atoms with Crippen molar-refractivity contribution >= 4 is 27.8 Å². The summed E-state index contributed by atoms with van der Waals surface area (Å²) >= 11 is 0.